The van der Waals surface area contributed by atoms with Crippen LogP contribution in [0.25, 0.3) is 0 Å². The lowest BCUT2D eigenvalue weighted by Gasteiger charge is -2.08. The number of ether oxygens (including phenoxy) is 1. The summed E-state index contributed by atoms with van der Waals surface area (Å²) in [5, 5.41) is 2.71. The van der Waals surface area contributed by atoms with E-state index >= 15 is 0 Å². The highest BCUT2D eigenvalue weighted by Gasteiger charge is 2.21. The van der Waals surface area contributed by atoms with E-state index < -0.39 is 0 Å². The standard InChI is InChI=1S/C9H9NO2/c11-8-6-12-9(10-8)7-4-2-1-3-5-7/h1-5,9H,6H2,(H,10,11)/t9-/m0/s1. The zero-order valence-electron chi connectivity index (χ0n) is 6.49. The molecule has 0 spiro atoms. The van der Waals surface area contributed by atoms with Gasteiger partial charge in [-0.05, 0) is 0 Å². The molecular weight excluding hydrogens is 154 g/mol. The van der Waals surface area contributed by atoms with Gasteiger partial charge in [0.15, 0.2) is 6.23 Å². The highest BCUT2D eigenvalue weighted by atomic mass is 16.5. The summed E-state index contributed by atoms with van der Waals surface area (Å²) in [4.78, 5) is 10.8. The van der Waals surface area contributed by atoms with Gasteiger partial charge in [0.1, 0.15) is 6.61 Å². The van der Waals surface area contributed by atoms with E-state index in [4.69, 9.17) is 4.74 Å². The summed E-state index contributed by atoms with van der Waals surface area (Å²) < 4.78 is 5.19. The van der Waals surface area contributed by atoms with Crippen molar-refractivity contribution in [1.82, 2.24) is 5.32 Å². The Hall–Kier alpha value is -1.35. The fraction of sp³-hybridized carbons (Fsp3) is 0.222. The molecule has 12 heavy (non-hydrogen) atoms. The SMILES string of the molecule is O=C1CO[C@@H](c2ccccc2)N1. The average molecular weight is 163 g/mol. The number of carbonyl (C=O) groups excluding carboxylic acids is 1. The van der Waals surface area contributed by atoms with Crippen LogP contribution >= 0.6 is 0 Å². The number of benzene rings is 1. The van der Waals surface area contributed by atoms with Crippen LogP contribution in [-0.4, -0.2) is 12.5 Å². The monoisotopic (exact) mass is 163 g/mol. The molecule has 0 radical (unpaired) electrons. The Labute approximate surface area is 70.3 Å². The van der Waals surface area contributed by atoms with Crippen LogP contribution in [0, 0.1) is 0 Å². The Morgan fingerprint density at radius 2 is 2.08 bits per heavy atom. The minimum absolute atomic E-state index is 0.0520. The van der Waals surface area contributed by atoms with Crippen molar-refractivity contribution >= 4 is 5.91 Å². The number of rotatable bonds is 1. The topological polar surface area (TPSA) is 38.3 Å². The Kier molecular flexibility index (Phi) is 1.80. The number of hydrogen-bond acceptors (Lipinski definition) is 2. The quantitative estimate of drug-likeness (QED) is 0.666. The van der Waals surface area contributed by atoms with Crippen molar-refractivity contribution in [3.63, 3.8) is 0 Å². The van der Waals surface area contributed by atoms with E-state index in [2.05, 4.69) is 5.32 Å². The summed E-state index contributed by atoms with van der Waals surface area (Å²) in [7, 11) is 0. The average Bonchev–Trinajstić information content (AvgIpc) is 2.54. The molecule has 1 saturated heterocycles. The zero-order valence-corrected chi connectivity index (χ0v) is 6.49. The van der Waals surface area contributed by atoms with Gasteiger partial charge in [-0.25, -0.2) is 0 Å². The largest absolute Gasteiger partial charge is 0.344 e. The molecule has 3 nitrogen and oxygen atoms in total. The molecule has 0 bridgehead atoms. The molecule has 1 amide bonds. The van der Waals surface area contributed by atoms with Gasteiger partial charge >= 0.3 is 0 Å². The first-order valence-electron chi connectivity index (χ1n) is 3.82. The Morgan fingerprint density at radius 1 is 1.33 bits per heavy atom. The fourth-order valence-corrected chi connectivity index (χ4v) is 1.20. The van der Waals surface area contributed by atoms with Gasteiger partial charge in [-0.2, -0.15) is 0 Å². The predicted octanol–water partition coefficient (Wildman–Crippen LogP) is 0.832. The predicted molar refractivity (Wildman–Crippen MR) is 43.3 cm³/mol. The molecule has 1 aliphatic rings. The van der Waals surface area contributed by atoms with Crippen molar-refractivity contribution in [2.24, 2.45) is 0 Å². The molecule has 0 aromatic heterocycles. The molecule has 62 valence electrons. The van der Waals surface area contributed by atoms with Crippen molar-refractivity contribution in [3.8, 4) is 0 Å². The van der Waals surface area contributed by atoms with Crippen LogP contribution in [0.4, 0.5) is 0 Å². The first-order valence-corrected chi connectivity index (χ1v) is 3.82. The van der Waals surface area contributed by atoms with E-state index in [0.29, 0.717) is 0 Å². The second kappa shape index (κ2) is 2.95. The lowest BCUT2D eigenvalue weighted by molar-refractivity contribution is -0.119. The van der Waals surface area contributed by atoms with Gasteiger partial charge < -0.3 is 10.1 Å². The second-order valence-corrected chi connectivity index (χ2v) is 2.67. The molecule has 1 atom stereocenters. The van der Waals surface area contributed by atoms with E-state index in [-0.39, 0.29) is 18.7 Å². The third-order valence-corrected chi connectivity index (χ3v) is 1.78. The number of nitrogens with one attached hydrogen (secondary N) is 1. The van der Waals surface area contributed by atoms with Crippen molar-refractivity contribution in [2.45, 2.75) is 6.23 Å². The molecule has 0 aliphatic carbocycles. The first-order chi connectivity index (χ1) is 5.86. The normalized spacial score (nSPS) is 22.3. The molecule has 1 N–H and O–H groups in total. The Bertz CT molecular complexity index is 284. The van der Waals surface area contributed by atoms with E-state index in [0.717, 1.165) is 5.56 Å². The summed E-state index contributed by atoms with van der Waals surface area (Å²) in [6.07, 6.45) is -0.251. The second-order valence-electron chi connectivity index (χ2n) is 2.67. The van der Waals surface area contributed by atoms with Crippen LogP contribution in [0.15, 0.2) is 30.3 Å². The van der Waals surface area contributed by atoms with Gasteiger partial charge in [-0.3, -0.25) is 4.79 Å². The lowest BCUT2D eigenvalue weighted by Crippen LogP contribution is -2.19. The van der Waals surface area contributed by atoms with Crippen LogP contribution in [-0.2, 0) is 9.53 Å². The first kappa shape index (κ1) is 7.31. The molecule has 0 saturated carbocycles. The van der Waals surface area contributed by atoms with Crippen LogP contribution in [0.1, 0.15) is 11.8 Å². The maximum Gasteiger partial charge on any atom is 0.248 e. The summed E-state index contributed by atoms with van der Waals surface area (Å²) in [6, 6.07) is 9.62. The molecule has 1 fully saturated rings. The summed E-state index contributed by atoms with van der Waals surface area (Å²) in [6.45, 7) is 0.166. The summed E-state index contributed by atoms with van der Waals surface area (Å²) >= 11 is 0. The maximum absolute atomic E-state index is 10.8. The highest BCUT2D eigenvalue weighted by Crippen LogP contribution is 2.16. The molecular formula is C9H9NO2. The maximum atomic E-state index is 10.8. The van der Waals surface area contributed by atoms with Gasteiger partial charge in [0.25, 0.3) is 0 Å². The van der Waals surface area contributed by atoms with Crippen LogP contribution in [0.2, 0.25) is 0 Å². The third-order valence-electron chi connectivity index (χ3n) is 1.78. The van der Waals surface area contributed by atoms with Crippen LogP contribution in [0.3, 0.4) is 0 Å². The molecule has 3 heteroatoms. The van der Waals surface area contributed by atoms with Crippen LogP contribution < -0.4 is 5.32 Å². The molecule has 1 aromatic carbocycles. The molecule has 1 heterocycles. The van der Waals surface area contributed by atoms with Crippen molar-refractivity contribution in [3.05, 3.63) is 35.9 Å². The molecule has 1 aliphatic heterocycles. The van der Waals surface area contributed by atoms with E-state index in [1.165, 1.54) is 0 Å². The third kappa shape index (κ3) is 1.31. The van der Waals surface area contributed by atoms with Crippen LogP contribution in [0.5, 0.6) is 0 Å². The molecule has 2 rings (SSSR count). The molecule has 0 unspecified atom stereocenters. The molecule has 1 aromatic rings. The summed E-state index contributed by atoms with van der Waals surface area (Å²) in [5.41, 5.74) is 0.989. The minimum Gasteiger partial charge on any atom is -0.344 e. The van der Waals surface area contributed by atoms with Gasteiger partial charge in [-0.15, -0.1) is 0 Å². The lowest BCUT2D eigenvalue weighted by atomic mass is 10.2. The van der Waals surface area contributed by atoms with Gasteiger partial charge in [0.2, 0.25) is 5.91 Å². The van der Waals surface area contributed by atoms with Gasteiger partial charge in [0, 0.05) is 5.56 Å². The Morgan fingerprint density at radius 3 is 2.67 bits per heavy atom. The zero-order chi connectivity index (χ0) is 8.39. The van der Waals surface area contributed by atoms with Crippen molar-refractivity contribution in [1.29, 1.82) is 0 Å². The minimum atomic E-state index is -0.251. The smallest absolute Gasteiger partial charge is 0.248 e. The van der Waals surface area contributed by atoms with Gasteiger partial charge in [0.05, 0.1) is 0 Å². The highest BCUT2D eigenvalue weighted by molar-refractivity contribution is 5.79. The van der Waals surface area contributed by atoms with Gasteiger partial charge in [-0.1, -0.05) is 30.3 Å². The number of hydrogen-bond donors (Lipinski definition) is 1. The van der Waals surface area contributed by atoms with E-state index in [1.54, 1.807) is 0 Å². The Balaban J connectivity index is 2.16. The van der Waals surface area contributed by atoms with Crippen molar-refractivity contribution < 1.29 is 9.53 Å². The van der Waals surface area contributed by atoms with E-state index in [9.17, 15) is 4.79 Å². The summed E-state index contributed by atoms with van der Waals surface area (Å²) in [5.74, 6) is -0.0520. The van der Waals surface area contributed by atoms with Crippen molar-refractivity contribution in [2.75, 3.05) is 6.61 Å². The number of amides is 1. The number of carbonyl (C=O) groups is 1. The van der Waals surface area contributed by atoms with E-state index in [1.807, 2.05) is 30.3 Å². The fourth-order valence-electron chi connectivity index (χ4n) is 1.20.